The van der Waals surface area contributed by atoms with E-state index >= 15 is 0 Å². The minimum Gasteiger partial charge on any atom is -0.279 e. The van der Waals surface area contributed by atoms with Crippen LogP contribution in [-0.2, 0) is 4.79 Å². The molecule has 0 aromatic heterocycles. The van der Waals surface area contributed by atoms with E-state index in [2.05, 4.69) is 31.9 Å². The van der Waals surface area contributed by atoms with Crippen LogP contribution in [0, 0.1) is 0 Å². The zero-order valence-corrected chi connectivity index (χ0v) is 9.41. The Kier molecular flexibility index (Phi) is 2.95. The molecule has 0 radical (unpaired) electrons. The van der Waals surface area contributed by atoms with Crippen LogP contribution in [0.2, 0.25) is 0 Å². The molecular weight excluding hydrogens is 295 g/mol. The van der Waals surface area contributed by atoms with Crippen LogP contribution in [0.25, 0.3) is 0 Å². The van der Waals surface area contributed by atoms with Crippen molar-refractivity contribution in [2.24, 2.45) is 0 Å². The first kappa shape index (κ1) is 9.49. The first-order valence-electron chi connectivity index (χ1n) is 2.97. The Morgan fingerprint density at radius 2 is 2.36 bits per heavy atom. The average Bonchev–Trinajstić information content (AvgIpc) is 1.86. The van der Waals surface area contributed by atoms with Gasteiger partial charge in [0.05, 0.1) is 0 Å². The van der Waals surface area contributed by atoms with Crippen molar-refractivity contribution < 1.29 is 4.79 Å². The molecule has 11 heavy (non-hydrogen) atoms. The predicted octanol–water partition coefficient (Wildman–Crippen LogP) is 3.12. The highest BCUT2D eigenvalue weighted by Crippen LogP contribution is 2.35. The van der Waals surface area contributed by atoms with E-state index in [9.17, 15) is 4.79 Å². The number of allylic oxidation sites excluding steroid dienone is 4. The summed E-state index contributed by atoms with van der Waals surface area (Å²) in [6.07, 6.45) is 6.00. The molecule has 0 spiro atoms. The second-order valence-corrected chi connectivity index (χ2v) is 5.06. The maximum atomic E-state index is 10.9. The first-order valence-corrected chi connectivity index (χ1v) is 4.94. The van der Waals surface area contributed by atoms with Crippen molar-refractivity contribution >= 4 is 48.7 Å². The molecule has 1 aliphatic carbocycles. The Morgan fingerprint density at radius 3 is 2.73 bits per heavy atom. The molecule has 0 saturated heterocycles. The number of hydrogen-bond acceptors (Lipinski definition) is 1. The van der Waals surface area contributed by atoms with E-state index in [4.69, 9.17) is 11.6 Å². The van der Waals surface area contributed by atoms with Gasteiger partial charge in [-0.15, -0.1) is 0 Å². The second-order valence-electron chi connectivity index (χ2n) is 2.29. The Bertz CT molecular complexity index is 247. The fraction of sp³-hybridized carbons (Fsp3) is 0.286. The Hall–Kier alpha value is 0.400. The molecule has 1 nitrogen and oxygen atoms in total. The van der Waals surface area contributed by atoms with Crippen LogP contribution in [0.4, 0.5) is 0 Å². The molecule has 0 aliphatic heterocycles. The van der Waals surface area contributed by atoms with Gasteiger partial charge < -0.3 is 0 Å². The van der Waals surface area contributed by atoms with Crippen molar-refractivity contribution in [3.63, 3.8) is 0 Å². The lowest BCUT2D eigenvalue weighted by Crippen LogP contribution is -2.26. The van der Waals surface area contributed by atoms with E-state index in [1.807, 2.05) is 6.08 Å². The van der Waals surface area contributed by atoms with Gasteiger partial charge in [-0.05, 0) is 16.1 Å². The fourth-order valence-corrected chi connectivity index (χ4v) is 2.36. The molecule has 4 heteroatoms. The van der Waals surface area contributed by atoms with Gasteiger partial charge in [0.25, 0.3) is 0 Å². The van der Waals surface area contributed by atoms with E-state index in [-0.39, 0.29) is 5.24 Å². The molecule has 0 aromatic carbocycles. The zero-order valence-electron chi connectivity index (χ0n) is 5.48. The Morgan fingerprint density at radius 1 is 1.73 bits per heavy atom. The van der Waals surface area contributed by atoms with Crippen molar-refractivity contribution in [2.45, 2.75) is 10.7 Å². The molecule has 60 valence electrons. The van der Waals surface area contributed by atoms with Gasteiger partial charge in [-0.25, -0.2) is 0 Å². The summed E-state index contributed by atoms with van der Waals surface area (Å²) in [6.45, 7) is 0. The molecule has 0 saturated carbocycles. The minimum atomic E-state index is -0.706. The molecule has 0 N–H and O–H groups in total. The highest BCUT2D eigenvalue weighted by molar-refractivity contribution is 9.12. The number of carbonyl (C=O) groups excluding carboxylic acids is 1. The van der Waals surface area contributed by atoms with Gasteiger partial charge in [-0.2, -0.15) is 0 Å². The van der Waals surface area contributed by atoms with Crippen molar-refractivity contribution in [3.05, 3.63) is 22.7 Å². The summed E-state index contributed by atoms with van der Waals surface area (Å²) in [5.41, 5.74) is 0. The summed E-state index contributed by atoms with van der Waals surface area (Å²) in [5, 5.41) is -0.390. The molecule has 1 unspecified atom stereocenters. The molecule has 1 atom stereocenters. The predicted molar refractivity (Wildman–Crippen MR) is 53.3 cm³/mol. The highest BCUT2D eigenvalue weighted by Gasteiger charge is 2.33. The van der Waals surface area contributed by atoms with Crippen molar-refractivity contribution in [3.8, 4) is 0 Å². The van der Waals surface area contributed by atoms with Crippen LogP contribution in [0.1, 0.15) is 6.42 Å². The first-order chi connectivity index (χ1) is 5.04. The largest absolute Gasteiger partial charge is 0.279 e. The van der Waals surface area contributed by atoms with Crippen LogP contribution in [-0.4, -0.2) is 9.57 Å². The van der Waals surface area contributed by atoms with E-state index in [1.54, 1.807) is 12.2 Å². The van der Waals surface area contributed by atoms with E-state index in [1.165, 1.54) is 0 Å². The summed E-state index contributed by atoms with van der Waals surface area (Å²) in [7, 11) is 0. The number of alkyl halides is 1. The number of halogens is 3. The van der Waals surface area contributed by atoms with Gasteiger partial charge in [0.1, 0.15) is 4.32 Å². The van der Waals surface area contributed by atoms with Gasteiger partial charge >= 0.3 is 0 Å². The van der Waals surface area contributed by atoms with Crippen LogP contribution in [0.15, 0.2) is 22.7 Å². The van der Waals surface area contributed by atoms with Gasteiger partial charge in [-0.1, -0.05) is 50.1 Å². The second kappa shape index (κ2) is 3.42. The maximum Gasteiger partial charge on any atom is 0.242 e. The summed E-state index contributed by atoms with van der Waals surface area (Å²) in [4.78, 5) is 10.9. The SMILES string of the molecule is O=C(Cl)C1(Br)C=CC=C(Br)C1. The normalized spacial score (nSPS) is 29.9. The van der Waals surface area contributed by atoms with Gasteiger partial charge in [0, 0.05) is 6.42 Å². The van der Waals surface area contributed by atoms with E-state index in [0.29, 0.717) is 6.42 Å². The monoisotopic (exact) mass is 298 g/mol. The maximum absolute atomic E-state index is 10.9. The Balaban J connectivity index is 2.86. The summed E-state index contributed by atoms with van der Waals surface area (Å²) >= 11 is 11.9. The topological polar surface area (TPSA) is 17.1 Å². The molecular formula is C7H5Br2ClO. The van der Waals surface area contributed by atoms with Crippen LogP contribution in [0.3, 0.4) is 0 Å². The van der Waals surface area contributed by atoms with Crippen molar-refractivity contribution in [1.82, 2.24) is 0 Å². The fourth-order valence-electron chi connectivity index (χ4n) is 0.804. The summed E-state index contributed by atoms with van der Waals surface area (Å²) in [5.74, 6) is 0. The zero-order chi connectivity index (χ0) is 8.48. The van der Waals surface area contributed by atoms with Gasteiger partial charge in [-0.3, -0.25) is 4.79 Å². The lowest BCUT2D eigenvalue weighted by Gasteiger charge is -2.20. The molecule has 0 amide bonds. The minimum absolute atomic E-state index is 0.390. The molecule has 1 rings (SSSR count). The lowest BCUT2D eigenvalue weighted by molar-refractivity contribution is -0.112. The standard InChI is InChI=1S/C7H5Br2ClO/c8-5-2-1-3-7(9,4-5)6(10)11/h1-3H,4H2. The third-order valence-corrected chi connectivity index (χ3v) is 3.41. The average molecular weight is 300 g/mol. The van der Waals surface area contributed by atoms with Crippen molar-refractivity contribution in [1.29, 1.82) is 0 Å². The van der Waals surface area contributed by atoms with E-state index < -0.39 is 4.32 Å². The molecule has 0 fully saturated rings. The molecule has 0 heterocycles. The van der Waals surface area contributed by atoms with Gasteiger partial charge in [0.2, 0.25) is 5.24 Å². The van der Waals surface area contributed by atoms with E-state index in [0.717, 1.165) is 4.48 Å². The molecule has 0 bridgehead atoms. The van der Waals surface area contributed by atoms with Crippen LogP contribution in [0.5, 0.6) is 0 Å². The molecule has 0 aromatic rings. The Labute approximate surface area is 86.7 Å². The third-order valence-electron chi connectivity index (χ3n) is 1.39. The highest BCUT2D eigenvalue weighted by atomic mass is 79.9. The van der Waals surface area contributed by atoms with Crippen molar-refractivity contribution in [2.75, 3.05) is 0 Å². The molecule has 1 aliphatic rings. The van der Waals surface area contributed by atoms with Crippen LogP contribution >= 0.6 is 43.5 Å². The number of rotatable bonds is 1. The number of carbonyl (C=O) groups is 1. The van der Waals surface area contributed by atoms with Gasteiger partial charge in [0.15, 0.2) is 0 Å². The summed E-state index contributed by atoms with van der Waals surface area (Å²) in [6, 6.07) is 0. The smallest absolute Gasteiger partial charge is 0.242 e. The number of hydrogen-bond donors (Lipinski definition) is 0. The summed E-state index contributed by atoms with van der Waals surface area (Å²) < 4.78 is 0.258. The van der Waals surface area contributed by atoms with Crippen LogP contribution < -0.4 is 0 Å². The third kappa shape index (κ3) is 2.17. The lowest BCUT2D eigenvalue weighted by atomic mass is 10.0. The quantitative estimate of drug-likeness (QED) is 0.537.